The summed E-state index contributed by atoms with van der Waals surface area (Å²) in [5.41, 5.74) is 11.8. The highest BCUT2D eigenvalue weighted by atomic mass is 35.5. The summed E-state index contributed by atoms with van der Waals surface area (Å²) in [6, 6.07) is -0.784. The Bertz CT molecular complexity index is 277. The molecule has 0 aromatic carbocycles. The number of nitrogens with zero attached hydrogens (tertiary/aromatic N) is 1. The summed E-state index contributed by atoms with van der Waals surface area (Å²) in [5.74, 6) is -0.415. The molecule has 0 fully saturated rings. The molecule has 0 aliphatic heterocycles. The number of nitrogens with two attached hydrogens (primary N) is 2. The molecule has 0 aliphatic carbocycles. The average molecular weight is 286 g/mol. The Morgan fingerprint density at radius 1 is 1.41 bits per heavy atom. The Morgan fingerprint density at radius 2 is 1.94 bits per heavy atom. The smallest absolute Gasteiger partial charge is 0.320 e. The second-order valence-electron chi connectivity index (χ2n) is 3.53. The van der Waals surface area contributed by atoms with Crippen LogP contribution in [0.5, 0.6) is 0 Å². The number of carboxylic acids is 1. The number of carboxylic acid groups (broad SMARTS) is 1. The SMILES string of the molecule is CC(N)=NC/C(C)=C\CCC(N)C(=O)O.Cl.Cl. The second kappa shape index (κ2) is 11.7. The molecule has 0 aliphatic rings. The molecule has 1 unspecified atom stereocenters. The van der Waals surface area contributed by atoms with Crippen LogP contribution in [0.1, 0.15) is 26.7 Å². The average Bonchev–Trinajstić information content (AvgIpc) is 2.14. The predicted octanol–water partition coefficient (Wildman–Crippen LogP) is 1.35. The monoisotopic (exact) mass is 285 g/mol. The van der Waals surface area contributed by atoms with Crippen LogP contribution >= 0.6 is 24.8 Å². The summed E-state index contributed by atoms with van der Waals surface area (Å²) < 4.78 is 0. The molecule has 0 aromatic rings. The van der Waals surface area contributed by atoms with E-state index in [1.807, 2.05) is 13.0 Å². The van der Waals surface area contributed by atoms with Crippen LogP contribution in [0.4, 0.5) is 0 Å². The maximum Gasteiger partial charge on any atom is 0.320 e. The van der Waals surface area contributed by atoms with Gasteiger partial charge in [0.1, 0.15) is 6.04 Å². The molecule has 0 spiro atoms. The van der Waals surface area contributed by atoms with Crippen molar-refractivity contribution in [1.29, 1.82) is 0 Å². The number of halogens is 2. The van der Waals surface area contributed by atoms with Crippen LogP contribution in [0.3, 0.4) is 0 Å². The lowest BCUT2D eigenvalue weighted by molar-refractivity contribution is -0.138. The molecule has 0 bridgehead atoms. The fourth-order valence-electron chi connectivity index (χ4n) is 0.947. The zero-order chi connectivity index (χ0) is 11.8. The van der Waals surface area contributed by atoms with Gasteiger partial charge in [-0.25, -0.2) is 0 Å². The van der Waals surface area contributed by atoms with Crippen molar-refractivity contribution in [1.82, 2.24) is 0 Å². The Labute approximate surface area is 114 Å². The summed E-state index contributed by atoms with van der Waals surface area (Å²) in [5, 5.41) is 8.54. The molecule has 0 saturated heterocycles. The van der Waals surface area contributed by atoms with E-state index in [1.54, 1.807) is 6.92 Å². The first-order valence-electron chi connectivity index (χ1n) is 4.84. The Kier molecular flexibility index (Phi) is 14.8. The van der Waals surface area contributed by atoms with Crippen LogP contribution in [0.25, 0.3) is 0 Å². The minimum atomic E-state index is -0.961. The van der Waals surface area contributed by atoms with Gasteiger partial charge >= 0.3 is 5.97 Å². The predicted molar refractivity (Wildman–Crippen MR) is 75.3 cm³/mol. The molecule has 5 nitrogen and oxygen atoms in total. The van der Waals surface area contributed by atoms with Gasteiger partial charge in [0.2, 0.25) is 0 Å². The van der Waals surface area contributed by atoms with Gasteiger partial charge in [-0.15, -0.1) is 24.8 Å². The number of aliphatic carboxylic acids is 1. The van der Waals surface area contributed by atoms with Crippen molar-refractivity contribution >= 4 is 36.6 Å². The van der Waals surface area contributed by atoms with Gasteiger partial charge in [-0.05, 0) is 26.7 Å². The topological polar surface area (TPSA) is 102 Å². The van der Waals surface area contributed by atoms with E-state index in [2.05, 4.69) is 4.99 Å². The van der Waals surface area contributed by atoms with E-state index in [1.165, 1.54) is 0 Å². The molecule has 5 N–H and O–H groups in total. The number of aliphatic imine (C=N–C) groups is 1. The van der Waals surface area contributed by atoms with Crippen molar-refractivity contribution in [2.45, 2.75) is 32.7 Å². The lowest BCUT2D eigenvalue weighted by Gasteiger charge is -2.03. The molecule has 7 heteroatoms. The first kappa shape index (κ1) is 21.5. The van der Waals surface area contributed by atoms with E-state index in [0.29, 0.717) is 25.2 Å². The van der Waals surface area contributed by atoms with Crippen LogP contribution in [0.2, 0.25) is 0 Å². The van der Waals surface area contributed by atoms with Gasteiger partial charge in [0.05, 0.1) is 12.4 Å². The van der Waals surface area contributed by atoms with Gasteiger partial charge < -0.3 is 16.6 Å². The summed E-state index contributed by atoms with van der Waals surface area (Å²) in [6.45, 7) is 4.22. The van der Waals surface area contributed by atoms with E-state index in [9.17, 15) is 4.79 Å². The van der Waals surface area contributed by atoms with E-state index in [4.69, 9.17) is 16.6 Å². The Morgan fingerprint density at radius 3 is 2.35 bits per heavy atom. The molecule has 0 radical (unpaired) electrons. The first-order valence-corrected chi connectivity index (χ1v) is 4.84. The lowest BCUT2D eigenvalue weighted by atomic mass is 10.1. The molecule has 0 aromatic heterocycles. The zero-order valence-corrected chi connectivity index (χ0v) is 11.7. The maximum absolute atomic E-state index is 10.4. The van der Waals surface area contributed by atoms with Gasteiger partial charge in [0, 0.05) is 0 Å². The Hall–Kier alpha value is -0.780. The van der Waals surface area contributed by atoms with E-state index < -0.39 is 12.0 Å². The van der Waals surface area contributed by atoms with E-state index in [-0.39, 0.29) is 24.8 Å². The van der Waals surface area contributed by atoms with Crippen LogP contribution in [-0.2, 0) is 4.79 Å². The minimum Gasteiger partial charge on any atom is -0.480 e. The van der Waals surface area contributed by atoms with Gasteiger partial charge in [-0.2, -0.15) is 0 Å². The molecule has 0 amide bonds. The quantitative estimate of drug-likeness (QED) is 0.389. The molecule has 17 heavy (non-hydrogen) atoms. The molecule has 102 valence electrons. The highest BCUT2D eigenvalue weighted by Gasteiger charge is 2.09. The highest BCUT2D eigenvalue weighted by molar-refractivity contribution is 5.85. The molecule has 0 rings (SSSR count). The Balaban J connectivity index is -0.000000980. The highest BCUT2D eigenvalue weighted by Crippen LogP contribution is 2.01. The summed E-state index contributed by atoms with van der Waals surface area (Å²) in [6.07, 6.45) is 3.03. The normalized spacial score (nSPS) is 13.4. The third-order valence-corrected chi connectivity index (χ3v) is 1.87. The van der Waals surface area contributed by atoms with Crippen molar-refractivity contribution in [3.05, 3.63) is 11.6 Å². The van der Waals surface area contributed by atoms with Crippen molar-refractivity contribution in [2.75, 3.05) is 6.54 Å². The molecule has 0 saturated carbocycles. The third-order valence-electron chi connectivity index (χ3n) is 1.87. The van der Waals surface area contributed by atoms with Crippen LogP contribution in [-0.4, -0.2) is 29.5 Å². The molecule has 0 heterocycles. The van der Waals surface area contributed by atoms with Crippen molar-refractivity contribution in [2.24, 2.45) is 16.5 Å². The number of hydrogen-bond acceptors (Lipinski definition) is 3. The number of carbonyl (C=O) groups is 1. The van der Waals surface area contributed by atoms with Gasteiger partial charge in [-0.3, -0.25) is 9.79 Å². The fourth-order valence-corrected chi connectivity index (χ4v) is 0.947. The van der Waals surface area contributed by atoms with Gasteiger partial charge in [0.15, 0.2) is 0 Å². The van der Waals surface area contributed by atoms with Crippen molar-refractivity contribution in [3.8, 4) is 0 Å². The summed E-state index contributed by atoms with van der Waals surface area (Å²) in [7, 11) is 0. The van der Waals surface area contributed by atoms with Crippen LogP contribution in [0.15, 0.2) is 16.6 Å². The summed E-state index contributed by atoms with van der Waals surface area (Å²) >= 11 is 0. The van der Waals surface area contributed by atoms with Crippen LogP contribution in [0, 0.1) is 0 Å². The minimum absolute atomic E-state index is 0. The summed E-state index contributed by atoms with van der Waals surface area (Å²) in [4.78, 5) is 14.4. The maximum atomic E-state index is 10.4. The molecular formula is C10H21Cl2N3O2. The van der Waals surface area contributed by atoms with E-state index in [0.717, 1.165) is 5.57 Å². The fraction of sp³-hybridized carbons (Fsp3) is 0.600. The largest absolute Gasteiger partial charge is 0.480 e. The van der Waals surface area contributed by atoms with Crippen LogP contribution < -0.4 is 11.5 Å². The number of allylic oxidation sites excluding steroid dienone is 1. The van der Waals surface area contributed by atoms with E-state index >= 15 is 0 Å². The standard InChI is InChI=1S/C10H19N3O2.2ClH/c1-7(6-13-8(2)11)4-3-5-9(12)10(14)15;;/h4,9H,3,5-6,12H2,1-2H3,(H2,11,13)(H,14,15);2*1H/b7-4-;;. The number of hydrogen-bond donors (Lipinski definition) is 3. The van der Waals surface area contributed by atoms with Gasteiger partial charge in [0.25, 0.3) is 0 Å². The number of amidine groups is 1. The second-order valence-corrected chi connectivity index (χ2v) is 3.53. The molecular weight excluding hydrogens is 265 g/mol. The van der Waals surface area contributed by atoms with Gasteiger partial charge in [-0.1, -0.05) is 11.6 Å². The van der Waals surface area contributed by atoms with Crippen molar-refractivity contribution in [3.63, 3.8) is 0 Å². The zero-order valence-electron chi connectivity index (χ0n) is 10.0. The third kappa shape index (κ3) is 13.2. The number of rotatable bonds is 6. The first-order chi connectivity index (χ1) is 6.93. The molecule has 1 atom stereocenters. The van der Waals surface area contributed by atoms with Crippen molar-refractivity contribution < 1.29 is 9.90 Å². The lowest BCUT2D eigenvalue weighted by Crippen LogP contribution is -2.29.